The van der Waals surface area contributed by atoms with Crippen LogP contribution in [0.25, 0.3) is 0 Å². The number of nitrogens with zero attached hydrogens (tertiary/aromatic N) is 2. The van der Waals surface area contributed by atoms with Gasteiger partial charge in [0.05, 0.1) is 12.5 Å². The minimum Gasteiger partial charge on any atom is -0.457 e. The number of esters is 1. The van der Waals surface area contributed by atoms with Gasteiger partial charge in [0, 0.05) is 32.1 Å². The Labute approximate surface area is 239 Å². The van der Waals surface area contributed by atoms with Gasteiger partial charge < -0.3 is 23.7 Å². The molecule has 0 radical (unpaired) electrons. The van der Waals surface area contributed by atoms with Crippen LogP contribution in [0.2, 0.25) is 18.1 Å². The molecule has 1 fully saturated rings. The molecule has 5 atom stereocenters. The monoisotopic (exact) mass is 648 g/mol. The maximum Gasteiger partial charge on any atom is 0.410 e. The Morgan fingerprint density at radius 3 is 2.32 bits per heavy atom. The number of hydrogen-bond donors (Lipinski definition) is 0. The topological polar surface area (TPSA) is 68.3 Å². The first-order chi connectivity index (χ1) is 17.1. The van der Waals surface area contributed by atoms with Crippen molar-refractivity contribution in [3.63, 3.8) is 0 Å². The van der Waals surface area contributed by atoms with Crippen molar-refractivity contribution in [1.29, 1.82) is 0 Å². The predicted octanol–water partition coefficient (Wildman–Crippen LogP) is 6.39. The molecule has 2 heterocycles. The zero-order valence-corrected chi connectivity index (χ0v) is 27.5. The van der Waals surface area contributed by atoms with Gasteiger partial charge in [0.2, 0.25) is 0 Å². The van der Waals surface area contributed by atoms with Crippen molar-refractivity contribution in [3.05, 3.63) is 21.8 Å². The summed E-state index contributed by atoms with van der Waals surface area (Å²) >= 11 is 2.19. The molecule has 0 spiro atoms. The molecule has 0 unspecified atom stereocenters. The maximum absolute atomic E-state index is 13.1. The van der Waals surface area contributed by atoms with E-state index >= 15 is 0 Å². The molecule has 0 aliphatic carbocycles. The summed E-state index contributed by atoms with van der Waals surface area (Å²) in [5.74, 6) is -0.204. The van der Waals surface area contributed by atoms with Crippen LogP contribution in [-0.4, -0.2) is 81.7 Å². The van der Waals surface area contributed by atoms with Crippen LogP contribution in [0.4, 0.5) is 4.79 Å². The van der Waals surface area contributed by atoms with Crippen molar-refractivity contribution in [2.24, 2.45) is 11.8 Å². The number of hydrogen-bond acceptors (Lipinski definition) is 6. The van der Waals surface area contributed by atoms with E-state index in [1.165, 1.54) is 0 Å². The van der Waals surface area contributed by atoms with Crippen LogP contribution in [0.1, 0.15) is 60.8 Å². The van der Waals surface area contributed by atoms with Crippen molar-refractivity contribution in [2.45, 2.75) is 97.2 Å². The third-order valence-corrected chi connectivity index (χ3v) is 13.6. The van der Waals surface area contributed by atoms with Gasteiger partial charge in [0.25, 0.3) is 0 Å². The third kappa shape index (κ3) is 9.65. The highest BCUT2D eigenvalue weighted by molar-refractivity contribution is 14.1. The lowest BCUT2D eigenvalue weighted by molar-refractivity contribution is -0.150. The fourth-order valence-corrected chi connectivity index (χ4v) is 6.12. The number of cyclic esters (lactones) is 1. The third-order valence-electron chi connectivity index (χ3n) is 8.13. The zero-order chi connectivity index (χ0) is 28.0. The molecule has 2 aliphatic rings. The van der Waals surface area contributed by atoms with Gasteiger partial charge in [-0.2, -0.15) is 0 Å². The summed E-state index contributed by atoms with van der Waals surface area (Å²) in [4.78, 5) is 30.2. The number of carbonyl (C=O) groups is 2. The zero-order valence-electron chi connectivity index (χ0n) is 24.4. The lowest BCUT2D eigenvalue weighted by atomic mass is 9.92. The highest BCUT2D eigenvalue weighted by Gasteiger charge is 2.40. The van der Waals surface area contributed by atoms with Crippen molar-refractivity contribution in [2.75, 3.05) is 33.2 Å². The van der Waals surface area contributed by atoms with Crippen LogP contribution in [-0.2, 0) is 18.7 Å². The number of amides is 1. The highest BCUT2D eigenvalue weighted by Crippen LogP contribution is 2.38. The number of carbonyl (C=O) groups excluding carboxylic acids is 2. The molecule has 2 aliphatic heterocycles. The Balaban J connectivity index is 2.31. The van der Waals surface area contributed by atoms with E-state index in [4.69, 9.17) is 13.9 Å². The summed E-state index contributed by atoms with van der Waals surface area (Å²) < 4.78 is 20.8. The SMILES string of the molecule is C/C(=C\I)[C@H]1OC(=O)C[C@H](O[Si](C)(C)C(C)(C)C)CC[C@H](C)[C@H](OC(=O)N2CCN(C)CC2)/C=C/[C@@H]1C. The predicted molar refractivity (Wildman–Crippen MR) is 160 cm³/mol. The maximum atomic E-state index is 13.1. The fraction of sp³-hybridized carbons (Fsp3) is 0.786. The van der Waals surface area contributed by atoms with Gasteiger partial charge in [-0.15, -0.1) is 0 Å². The molecule has 0 aromatic heterocycles. The van der Waals surface area contributed by atoms with E-state index in [0.717, 1.165) is 25.1 Å². The molecule has 37 heavy (non-hydrogen) atoms. The van der Waals surface area contributed by atoms with E-state index in [1.807, 2.05) is 30.1 Å². The van der Waals surface area contributed by atoms with Crippen LogP contribution in [0.5, 0.6) is 0 Å². The largest absolute Gasteiger partial charge is 0.457 e. The average molecular weight is 649 g/mol. The fourth-order valence-electron chi connectivity index (χ4n) is 4.37. The van der Waals surface area contributed by atoms with Gasteiger partial charge >= 0.3 is 12.1 Å². The number of halogens is 1. The van der Waals surface area contributed by atoms with E-state index in [1.54, 1.807) is 4.90 Å². The van der Waals surface area contributed by atoms with Crippen molar-refractivity contribution < 1.29 is 23.5 Å². The summed E-state index contributed by atoms with van der Waals surface area (Å²) in [6, 6.07) is 0. The minimum absolute atomic E-state index is 0.0348. The molecule has 2 rings (SSSR count). The number of rotatable bonds is 4. The Morgan fingerprint density at radius 2 is 1.76 bits per heavy atom. The second-order valence-electron chi connectivity index (χ2n) is 12.4. The minimum atomic E-state index is -2.10. The molecular formula is C28H49IN2O5Si. The summed E-state index contributed by atoms with van der Waals surface area (Å²) in [5, 5.41) is 0.0348. The second-order valence-corrected chi connectivity index (χ2v) is 17.8. The highest BCUT2D eigenvalue weighted by atomic mass is 127. The van der Waals surface area contributed by atoms with Crippen molar-refractivity contribution >= 4 is 43.0 Å². The van der Waals surface area contributed by atoms with Crippen LogP contribution in [0, 0.1) is 11.8 Å². The van der Waals surface area contributed by atoms with Crippen LogP contribution in [0.15, 0.2) is 21.8 Å². The molecule has 0 aromatic rings. The summed E-state index contributed by atoms with van der Waals surface area (Å²) in [5.41, 5.74) is 0.990. The van der Waals surface area contributed by atoms with E-state index in [9.17, 15) is 9.59 Å². The van der Waals surface area contributed by atoms with Crippen molar-refractivity contribution in [3.8, 4) is 0 Å². The number of likely N-dealkylation sites (N-methyl/N-ethyl adjacent to an activating group) is 1. The van der Waals surface area contributed by atoms with E-state index < -0.39 is 8.32 Å². The molecular weight excluding hydrogens is 599 g/mol. The molecule has 0 bridgehead atoms. The van der Waals surface area contributed by atoms with Crippen LogP contribution < -0.4 is 0 Å². The average Bonchev–Trinajstić information content (AvgIpc) is 2.81. The van der Waals surface area contributed by atoms with Gasteiger partial charge in [0.15, 0.2) is 8.32 Å². The van der Waals surface area contributed by atoms with Crippen LogP contribution in [0.3, 0.4) is 0 Å². The van der Waals surface area contributed by atoms with E-state index in [2.05, 4.69) is 75.3 Å². The first-order valence-corrected chi connectivity index (χ1v) is 17.8. The van der Waals surface area contributed by atoms with Gasteiger partial charge in [-0.25, -0.2) is 4.79 Å². The Morgan fingerprint density at radius 1 is 1.14 bits per heavy atom. The normalized spacial score (nSPS) is 30.6. The number of ether oxygens (including phenoxy) is 2. The van der Waals surface area contributed by atoms with Crippen molar-refractivity contribution in [1.82, 2.24) is 9.80 Å². The van der Waals surface area contributed by atoms with E-state index in [-0.39, 0.29) is 53.7 Å². The summed E-state index contributed by atoms with van der Waals surface area (Å²) in [6.45, 7) is 20.3. The van der Waals surface area contributed by atoms with Gasteiger partial charge in [-0.1, -0.05) is 63.3 Å². The quantitative estimate of drug-likeness (QED) is 0.152. The second kappa shape index (κ2) is 13.9. The van der Waals surface area contributed by atoms with E-state index in [0.29, 0.717) is 19.5 Å². The van der Waals surface area contributed by atoms with Crippen LogP contribution >= 0.6 is 22.6 Å². The first-order valence-electron chi connectivity index (χ1n) is 13.6. The van der Waals surface area contributed by atoms with Gasteiger partial charge in [-0.3, -0.25) is 4.79 Å². The molecule has 7 nitrogen and oxygen atoms in total. The first kappa shape index (κ1) is 32.3. The summed E-state index contributed by atoms with van der Waals surface area (Å²) in [6.07, 6.45) is 4.53. The molecule has 9 heteroatoms. The molecule has 0 saturated carbocycles. The standard InChI is InChI=1S/C28H49IN2O5Si/c1-20-10-12-23(36-37(8,9)28(4,5)6)18-25(32)35-26(22(3)19-29)21(2)11-13-24(20)34-27(33)31-16-14-30(7)15-17-31/h11,13,19-21,23-24,26H,10,12,14-18H2,1-9H3/b13-11+,22-19+/t20-,21-,23+,24+,26-/m0/s1. The smallest absolute Gasteiger partial charge is 0.410 e. The lowest BCUT2D eigenvalue weighted by Crippen LogP contribution is -2.48. The summed E-state index contributed by atoms with van der Waals surface area (Å²) in [7, 11) is -0.0264. The molecule has 0 N–H and O–H groups in total. The Hall–Kier alpha value is -0.913. The lowest BCUT2D eigenvalue weighted by Gasteiger charge is -2.39. The molecule has 212 valence electrons. The Kier molecular flexibility index (Phi) is 12.2. The molecule has 1 amide bonds. The molecule has 1 saturated heterocycles. The van der Waals surface area contributed by atoms with Gasteiger partial charge in [0.1, 0.15) is 12.2 Å². The van der Waals surface area contributed by atoms with Gasteiger partial charge in [-0.05, 0) is 66.6 Å². The Bertz CT molecular complexity index is 833. The number of piperazine rings is 1. The molecule has 0 aromatic carbocycles.